The molecule has 1 amide bonds. The van der Waals surface area contributed by atoms with Gasteiger partial charge in [0.1, 0.15) is 11.5 Å². The smallest absolute Gasteiger partial charge is 0.270 e. The van der Waals surface area contributed by atoms with Crippen LogP contribution in [-0.4, -0.2) is 30.9 Å². The van der Waals surface area contributed by atoms with Gasteiger partial charge in [-0.3, -0.25) is 25.0 Å². The van der Waals surface area contributed by atoms with E-state index >= 15 is 0 Å². The van der Waals surface area contributed by atoms with Gasteiger partial charge in [0, 0.05) is 41.0 Å². The second-order valence-electron chi connectivity index (χ2n) is 6.67. The van der Waals surface area contributed by atoms with Crippen LogP contribution in [0.3, 0.4) is 0 Å². The normalized spacial score (nSPS) is 10.5. The third-order valence-corrected chi connectivity index (χ3v) is 4.58. The molecule has 3 aromatic rings. The molecule has 0 aliphatic heterocycles. The summed E-state index contributed by atoms with van der Waals surface area (Å²) >= 11 is 0. The minimum absolute atomic E-state index is 0.114. The first-order valence-electron chi connectivity index (χ1n) is 9.03. The van der Waals surface area contributed by atoms with Crippen LogP contribution in [0.4, 0.5) is 11.4 Å². The summed E-state index contributed by atoms with van der Waals surface area (Å²) in [6.45, 7) is -0.466. The van der Waals surface area contributed by atoms with Crippen molar-refractivity contribution in [2.45, 2.75) is 13.1 Å². The molecule has 0 aromatic heterocycles. The zero-order valence-electron chi connectivity index (χ0n) is 16.0. The van der Waals surface area contributed by atoms with Crippen LogP contribution in [0.15, 0.2) is 66.7 Å². The summed E-state index contributed by atoms with van der Waals surface area (Å²) in [5, 5.41) is 42.5. The number of non-ortho nitro benzene ring substituents is 2. The van der Waals surface area contributed by atoms with Crippen LogP contribution >= 0.6 is 0 Å². The number of nitro groups is 2. The van der Waals surface area contributed by atoms with Crippen LogP contribution in [0, 0.1) is 20.2 Å². The van der Waals surface area contributed by atoms with Crippen molar-refractivity contribution in [2.75, 3.05) is 0 Å². The van der Waals surface area contributed by atoms with E-state index in [1.807, 2.05) is 0 Å². The first kappa shape index (κ1) is 21.2. The molecule has 10 nitrogen and oxygen atoms in total. The summed E-state index contributed by atoms with van der Waals surface area (Å²) in [4.78, 5) is 35.3. The lowest BCUT2D eigenvalue weighted by Crippen LogP contribution is -2.30. The van der Waals surface area contributed by atoms with Gasteiger partial charge in [-0.05, 0) is 24.3 Å². The first-order chi connectivity index (χ1) is 14.8. The van der Waals surface area contributed by atoms with Crippen LogP contribution in [0.2, 0.25) is 0 Å². The van der Waals surface area contributed by atoms with Gasteiger partial charge < -0.3 is 15.1 Å². The molecule has 10 heteroatoms. The van der Waals surface area contributed by atoms with E-state index in [-0.39, 0.29) is 47.1 Å². The highest BCUT2D eigenvalue weighted by Gasteiger charge is 2.22. The van der Waals surface area contributed by atoms with Crippen LogP contribution in [0.1, 0.15) is 21.5 Å². The van der Waals surface area contributed by atoms with Crippen molar-refractivity contribution >= 4 is 17.3 Å². The van der Waals surface area contributed by atoms with Gasteiger partial charge in [0.05, 0.1) is 22.9 Å². The number of benzene rings is 3. The Kier molecular flexibility index (Phi) is 6.10. The van der Waals surface area contributed by atoms with Gasteiger partial charge in [0.2, 0.25) is 0 Å². The van der Waals surface area contributed by atoms with Crippen LogP contribution in [0.25, 0.3) is 0 Å². The number of amides is 1. The molecule has 0 aliphatic carbocycles. The van der Waals surface area contributed by atoms with Gasteiger partial charge in [-0.2, -0.15) is 0 Å². The average molecular weight is 423 g/mol. The maximum Gasteiger partial charge on any atom is 0.270 e. The van der Waals surface area contributed by atoms with Crippen molar-refractivity contribution < 1.29 is 24.9 Å². The van der Waals surface area contributed by atoms with Crippen molar-refractivity contribution in [3.05, 3.63) is 104 Å². The van der Waals surface area contributed by atoms with E-state index in [0.717, 1.165) is 36.4 Å². The average Bonchev–Trinajstić information content (AvgIpc) is 2.75. The third-order valence-electron chi connectivity index (χ3n) is 4.58. The highest BCUT2D eigenvalue weighted by Crippen LogP contribution is 2.28. The van der Waals surface area contributed by atoms with Crippen LogP contribution < -0.4 is 0 Å². The Morgan fingerprint density at radius 3 is 1.65 bits per heavy atom. The SMILES string of the molecule is O=C(c1ccccc1)N(Cc1cc([N+](=O)[O-])ccc1O)Cc1cc([N+](=O)[O-])ccc1O. The van der Waals surface area contributed by atoms with Crippen molar-refractivity contribution in [1.82, 2.24) is 4.90 Å². The minimum Gasteiger partial charge on any atom is -0.508 e. The molecule has 0 heterocycles. The van der Waals surface area contributed by atoms with Crippen molar-refractivity contribution in [2.24, 2.45) is 0 Å². The third kappa shape index (κ3) is 4.93. The number of nitro benzene ring substituents is 2. The van der Waals surface area contributed by atoms with E-state index in [0.29, 0.717) is 5.56 Å². The van der Waals surface area contributed by atoms with Gasteiger partial charge in [-0.15, -0.1) is 0 Å². The van der Waals surface area contributed by atoms with Gasteiger partial charge in [-0.25, -0.2) is 0 Å². The molecule has 3 aromatic carbocycles. The fourth-order valence-electron chi connectivity index (χ4n) is 3.00. The number of nitrogens with zero attached hydrogens (tertiary/aromatic N) is 3. The Morgan fingerprint density at radius 2 is 1.23 bits per heavy atom. The lowest BCUT2D eigenvalue weighted by molar-refractivity contribution is -0.385. The summed E-state index contributed by atoms with van der Waals surface area (Å²) in [7, 11) is 0. The molecule has 0 fully saturated rings. The van der Waals surface area contributed by atoms with Crippen LogP contribution in [-0.2, 0) is 13.1 Å². The number of carbonyl (C=O) groups excluding carboxylic acids is 1. The highest BCUT2D eigenvalue weighted by molar-refractivity contribution is 5.94. The Labute approximate surface area is 175 Å². The van der Waals surface area contributed by atoms with Crippen molar-refractivity contribution in [1.29, 1.82) is 0 Å². The van der Waals surface area contributed by atoms with Gasteiger partial charge >= 0.3 is 0 Å². The number of phenols is 2. The summed E-state index contributed by atoms with van der Waals surface area (Å²) in [5.74, 6) is -0.989. The maximum atomic E-state index is 13.1. The second-order valence-corrected chi connectivity index (χ2v) is 6.67. The molecule has 0 saturated carbocycles. The maximum absolute atomic E-state index is 13.1. The molecule has 3 rings (SSSR count). The van der Waals surface area contributed by atoms with E-state index < -0.39 is 15.8 Å². The van der Waals surface area contributed by atoms with E-state index in [1.54, 1.807) is 30.3 Å². The number of hydrogen-bond acceptors (Lipinski definition) is 7. The van der Waals surface area contributed by atoms with Crippen molar-refractivity contribution in [3.8, 4) is 11.5 Å². The van der Waals surface area contributed by atoms with E-state index in [4.69, 9.17) is 0 Å². The fraction of sp³-hybridized carbons (Fsp3) is 0.0952. The van der Waals surface area contributed by atoms with Gasteiger partial charge in [-0.1, -0.05) is 18.2 Å². The largest absolute Gasteiger partial charge is 0.508 e. The lowest BCUT2D eigenvalue weighted by atomic mass is 10.1. The zero-order chi connectivity index (χ0) is 22.5. The van der Waals surface area contributed by atoms with E-state index in [9.17, 15) is 35.2 Å². The molecular weight excluding hydrogens is 406 g/mol. The summed E-state index contributed by atoms with van der Waals surface area (Å²) in [5.41, 5.74) is 0.000331. The standard InChI is InChI=1S/C21H17N3O7/c25-19-8-6-17(23(28)29)10-15(19)12-22(21(27)14-4-2-1-3-5-14)13-16-11-18(24(30)31)7-9-20(16)26/h1-11,25-26H,12-13H2. The molecule has 0 aliphatic rings. The monoisotopic (exact) mass is 423 g/mol. The highest BCUT2D eigenvalue weighted by atomic mass is 16.6. The number of phenolic OH excluding ortho intramolecular Hbond substituents is 2. The molecule has 158 valence electrons. The zero-order valence-corrected chi connectivity index (χ0v) is 16.0. The first-order valence-corrected chi connectivity index (χ1v) is 9.03. The van der Waals surface area contributed by atoms with Gasteiger partial charge in [0.25, 0.3) is 17.3 Å². The minimum atomic E-state index is -0.626. The number of aromatic hydroxyl groups is 2. The van der Waals surface area contributed by atoms with E-state index in [2.05, 4.69) is 0 Å². The molecule has 0 unspecified atom stereocenters. The van der Waals surface area contributed by atoms with Crippen LogP contribution in [0.5, 0.6) is 11.5 Å². The predicted octanol–water partition coefficient (Wildman–Crippen LogP) is 3.76. The lowest BCUT2D eigenvalue weighted by Gasteiger charge is -2.24. The topological polar surface area (TPSA) is 147 Å². The molecule has 0 bridgehead atoms. The molecule has 2 N–H and O–H groups in total. The quantitative estimate of drug-likeness (QED) is 0.434. The molecule has 0 radical (unpaired) electrons. The van der Waals surface area contributed by atoms with Crippen molar-refractivity contribution in [3.63, 3.8) is 0 Å². The Balaban J connectivity index is 2.01. The Morgan fingerprint density at radius 1 is 0.774 bits per heavy atom. The Bertz CT molecular complexity index is 1080. The second kappa shape index (κ2) is 8.91. The number of rotatable bonds is 7. The molecule has 0 saturated heterocycles. The van der Waals surface area contributed by atoms with E-state index in [1.165, 1.54) is 4.90 Å². The predicted molar refractivity (Wildman–Crippen MR) is 110 cm³/mol. The number of hydrogen-bond donors (Lipinski definition) is 2. The molecule has 0 atom stereocenters. The molecule has 31 heavy (non-hydrogen) atoms. The summed E-state index contributed by atoms with van der Waals surface area (Å²) in [6, 6.07) is 15.0. The summed E-state index contributed by atoms with van der Waals surface area (Å²) in [6.07, 6.45) is 0. The number of carbonyl (C=O) groups is 1. The fourth-order valence-corrected chi connectivity index (χ4v) is 3.00. The summed E-state index contributed by atoms with van der Waals surface area (Å²) < 4.78 is 0. The molecular formula is C21H17N3O7. The molecule has 0 spiro atoms. The van der Waals surface area contributed by atoms with Gasteiger partial charge in [0.15, 0.2) is 0 Å². The Hall–Kier alpha value is -4.47.